The monoisotopic (exact) mass is 532 g/mol. The van der Waals surface area contributed by atoms with E-state index in [0.29, 0.717) is 0 Å². The Kier molecular flexibility index (Phi) is 8.01. The molecule has 0 aromatic heterocycles. The molecule has 1 atom stereocenters. The molecule has 0 saturated heterocycles. The molecular formula is C16H13Cl2F2IN2O4. The molecule has 11 heteroatoms. The van der Waals surface area contributed by atoms with Gasteiger partial charge >= 0.3 is 0 Å². The standard InChI is InChI=1S/C16H13Cl2F2IN2O4/c17-10-3-7(21)1-2-12(10)22-15-9(4-11(18)13(19)14(15)20)16(26)23-27-6-8(25)5-24/h1-4,8,22,24-25H,5-6H2,(H,23,26)/t8-/m1/s1. The van der Waals surface area contributed by atoms with Gasteiger partial charge in [-0.05, 0) is 46.9 Å². The first-order valence-electron chi connectivity index (χ1n) is 7.35. The van der Waals surface area contributed by atoms with E-state index >= 15 is 0 Å². The van der Waals surface area contributed by atoms with E-state index < -0.39 is 47.6 Å². The Hall–Kier alpha value is -1.24. The molecule has 0 aliphatic rings. The van der Waals surface area contributed by atoms with Gasteiger partial charge in [-0.3, -0.25) is 9.63 Å². The Morgan fingerprint density at radius 3 is 2.56 bits per heavy atom. The highest BCUT2D eigenvalue weighted by atomic mass is 127. The lowest BCUT2D eigenvalue weighted by Crippen LogP contribution is -2.30. The molecule has 27 heavy (non-hydrogen) atoms. The first kappa shape index (κ1) is 22.1. The number of hydrogen-bond acceptors (Lipinski definition) is 5. The fraction of sp³-hybridized carbons (Fsp3) is 0.188. The number of aliphatic hydroxyl groups excluding tert-OH is 2. The van der Waals surface area contributed by atoms with Crippen LogP contribution in [0.25, 0.3) is 0 Å². The number of carbonyl (C=O) groups excluding carboxylic acids is 1. The summed E-state index contributed by atoms with van der Waals surface area (Å²) < 4.78 is 29.1. The number of anilines is 2. The van der Waals surface area contributed by atoms with Gasteiger partial charge in [0.2, 0.25) is 0 Å². The van der Waals surface area contributed by atoms with E-state index in [1.807, 2.05) is 28.1 Å². The molecule has 6 nitrogen and oxygen atoms in total. The number of halogens is 5. The van der Waals surface area contributed by atoms with E-state index in [9.17, 15) is 18.7 Å². The second-order valence-corrected chi connectivity index (χ2v) is 7.30. The summed E-state index contributed by atoms with van der Waals surface area (Å²) in [6.45, 7) is -0.990. The van der Waals surface area contributed by atoms with Crippen LogP contribution in [-0.4, -0.2) is 35.4 Å². The first-order valence-corrected chi connectivity index (χ1v) is 9.18. The summed E-state index contributed by atoms with van der Waals surface area (Å²) >= 11 is 13.7. The van der Waals surface area contributed by atoms with Crippen LogP contribution in [0.1, 0.15) is 10.4 Å². The van der Waals surface area contributed by atoms with Gasteiger partial charge < -0.3 is 15.5 Å². The van der Waals surface area contributed by atoms with Crippen molar-refractivity contribution in [2.24, 2.45) is 0 Å². The zero-order valence-electron chi connectivity index (χ0n) is 13.4. The summed E-state index contributed by atoms with van der Waals surface area (Å²) in [5, 5.41) is 20.1. The molecule has 0 spiro atoms. The predicted octanol–water partition coefficient (Wildman–Crippen LogP) is 3.63. The molecule has 2 aromatic carbocycles. The van der Waals surface area contributed by atoms with Crippen LogP contribution in [-0.2, 0) is 4.84 Å². The molecule has 4 N–H and O–H groups in total. The smallest absolute Gasteiger partial charge is 0.277 e. The SMILES string of the molecule is O=C(NOC[C@H](O)CO)c1cc(Cl)c(F)c(F)c1Nc1ccc(I)cc1Cl. The minimum atomic E-state index is -1.38. The fourth-order valence-corrected chi connectivity index (χ4v) is 3.03. The number of rotatable bonds is 7. The van der Waals surface area contributed by atoms with Crippen molar-refractivity contribution < 1.29 is 28.6 Å². The number of aliphatic hydroxyl groups is 2. The maximum absolute atomic E-state index is 14.4. The van der Waals surface area contributed by atoms with Crippen molar-refractivity contribution in [3.05, 3.63) is 55.1 Å². The maximum atomic E-state index is 14.4. The highest BCUT2D eigenvalue weighted by Gasteiger charge is 2.23. The van der Waals surface area contributed by atoms with E-state index in [1.54, 1.807) is 12.1 Å². The molecule has 0 unspecified atom stereocenters. The van der Waals surface area contributed by atoms with Crippen molar-refractivity contribution in [1.29, 1.82) is 0 Å². The minimum absolute atomic E-state index is 0.227. The van der Waals surface area contributed by atoms with Crippen LogP contribution in [0.15, 0.2) is 24.3 Å². The van der Waals surface area contributed by atoms with Crippen LogP contribution in [0, 0.1) is 15.2 Å². The maximum Gasteiger partial charge on any atom is 0.277 e. The summed E-state index contributed by atoms with van der Waals surface area (Å²) in [6.07, 6.45) is -1.22. The Bertz CT molecular complexity index is 858. The third-order valence-corrected chi connectivity index (χ3v) is 4.51. The highest BCUT2D eigenvalue weighted by Crippen LogP contribution is 2.33. The largest absolute Gasteiger partial charge is 0.394 e. The number of amides is 1. The second kappa shape index (κ2) is 9.80. The van der Waals surface area contributed by atoms with E-state index in [1.165, 1.54) is 6.07 Å². The predicted molar refractivity (Wildman–Crippen MR) is 105 cm³/mol. The van der Waals surface area contributed by atoms with Crippen LogP contribution in [0.4, 0.5) is 20.2 Å². The topological polar surface area (TPSA) is 90.8 Å². The van der Waals surface area contributed by atoms with Crippen molar-refractivity contribution >= 4 is 63.1 Å². The third kappa shape index (κ3) is 5.62. The molecular weight excluding hydrogens is 520 g/mol. The van der Waals surface area contributed by atoms with E-state index in [2.05, 4.69) is 5.32 Å². The van der Waals surface area contributed by atoms with Gasteiger partial charge in [-0.2, -0.15) is 0 Å². The molecule has 0 fully saturated rings. The summed E-state index contributed by atoms with van der Waals surface area (Å²) in [4.78, 5) is 17.0. The first-order chi connectivity index (χ1) is 12.7. The van der Waals surface area contributed by atoms with E-state index in [0.717, 1.165) is 9.64 Å². The molecule has 0 aliphatic heterocycles. The van der Waals surface area contributed by atoms with Gasteiger partial charge in [0.25, 0.3) is 5.91 Å². The van der Waals surface area contributed by atoms with Crippen LogP contribution in [0.2, 0.25) is 10.0 Å². The van der Waals surface area contributed by atoms with Gasteiger partial charge in [-0.1, -0.05) is 23.2 Å². The highest BCUT2D eigenvalue weighted by molar-refractivity contribution is 14.1. The van der Waals surface area contributed by atoms with Crippen molar-refractivity contribution in [3.63, 3.8) is 0 Å². The Balaban J connectivity index is 2.34. The number of carbonyl (C=O) groups is 1. The minimum Gasteiger partial charge on any atom is -0.394 e. The van der Waals surface area contributed by atoms with Crippen LogP contribution in [0.3, 0.4) is 0 Å². The number of nitrogens with one attached hydrogen (secondary N) is 2. The summed E-state index contributed by atoms with van der Waals surface area (Å²) in [6, 6.07) is 5.72. The Labute approximate surface area is 176 Å². The third-order valence-electron chi connectivity index (χ3n) is 3.25. The zero-order chi connectivity index (χ0) is 20.1. The summed E-state index contributed by atoms with van der Waals surface area (Å²) in [7, 11) is 0. The van der Waals surface area contributed by atoms with Gasteiger partial charge in [-0.15, -0.1) is 0 Å². The average molecular weight is 533 g/mol. The fourth-order valence-electron chi connectivity index (χ4n) is 1.93. The van der Waals surface area contributed by atoms with Gasteiger partial charge in [-0.25, -0.2) is 14.3 Å². The van der Waals surface area contributed by atoms with E-state index in [-0.39, 0.29) is 16.3 Å². The molecule has 0 heterocycles. The molecule has 1 amide bonds. The average Bonchev–Trinajstić information content (AvgIpc) is 2.63. The number of hydroxylamine groups is 1. The second-order valence-electron chi connectivity index (χ2n) is 5.24. The summed E-state index contributed by atoms with van der Waals surface area (Å²) in [5.74, 6) is -3.67. The molecule has 2 aromatic rings. The summed E-state index contributed by atoms with van der Waals surface area (Å²) in [5.41, 5.74) is 1.34. The van der Waals surface area contributed by atoms with Crippen LogP contribution >= 0.6 is 45.8 Å². The van der Waals surface area contributed by atoms with Gasteiger partial charge in [0.15, 0.2) is 11.6 Å². The molecule has 146 valence electrons. The van der Waals surface area contributed by atoms with Gasteiger partial charge in [0, 0.05) is 3.57 Å². The molecule has 0 saturated carbocycles. The van der Waals surface area contributed by atoms with Crippen LogP contribution in [0.5, 0.6) is 0 Å². The lowest BCUT2D eigenvalue weighted by molar-refractivity contribution is -0.0295. The Morgan fingerprint density at radius 1 is 1.22 bits per heavy atom. The molecule has 2 rings (SSSR count). The van der Waals surface area contributed by atoms with Crippen molar-refractivity contribution in [1.82, 2.24) is 5.48 Å². The lowest BCUT2D eigenvalue weighted by Gasteiger charge is -2.16. The van der Waals surface area contributed by atoms with Crippen LogP contribution < -0.4 is 10.8 Å². The number of benzene rings is 2. The normalized spacial score (nSPS) is 12.0. The quantitative estimate of drug-likeness (QED) is 0.248. The molecule has 0 bridgehead atoms. The zero-order valence-corrected chi connectivity index (χ0v) is 17.1. The van der Waals surface area contributed by atoms with Crippen molar-refractivity contribution in [2.45, 2.75) is 6.10 Å². The molecule has 0 aliphatic carbocycles. The Morgan fingerprint density at radius 2 is 1.93 bits per heavy atom. The lowest BCUT2D eigenvalue weighted by atomic mass is 10.1. The number of hydrogen-bond donors (Lipinski definition) is 4. The van der Waals surface area contributed by atoms with Gasteiger partial charge in [0.05, 0.1) is 33.6 Å². The van der Waals surface area contributed by atoms with Crippen molar-refractivity contribution in [3.8, 4) is 0 Å². The molecule has 0 radical (unpaired) electrons. The van der Waals surface area contributed by atoms with Gasteiger partial charge in [0.1, 0.15) is 12.7 Å². The van der Waals surface area contributed by atoms with E-state index in [4.69, 9.17) is 33.1 Å². The van der Waals surface area contributed by atoms with Crippen molar-refractivity contribution in [2.75, 3.05) is 18.5 Å².